The van der Waals surface area contributed by atoms with Crippen molar-refractivity contribution in [3.8, 4) is 0 Å². The van der Waals surface area contributed by atoms with E-state index in [-0.39, 0.29) is 11.4 Å². The van der Waals surface area contributed by atoms with Crippen LogP contribution in [0.25, 0.3) is 0 Å². The van der Waals surface area contributed by atoms with E-state index in [0.717, 1.165) is 0 Å². The summed E-state index contributed by atoms with van der Waals surface area (Å²) in [6, 6.07) is 4.46. The van der Waals surface area contributed by atoms with E-state index in [4.69, 9.17) is 0 Å². The molecule has 1 aromatic carbocycles. The van der Waals surface area contributed by atoms with Gasteiger partial charge in [0, 0.05) is 10.6 Å². The topological polar surface area (TPSA) is 59.8 Å². The second-order valence-electron chi connectivity index (χ2n) is 3.33. The fourth-order valence-corrected chi connectivity index (χ4v) is 2.01. The van der Waals surface area contributed by atoms with E-state index in [1.165, 1.54) is 16.9 Å². The second-order valence-corrected chi connectivity index (χ2v) is 4.49. The number of aromatic nitrogens is 3. The summed E-state index contributed by atoms with van der Waals surface area (Å²) >= 11 is 1.91. The van der Waals surface area contributed by atoms with Crippen molar-refractivity contribution in [3.63, 3.8) is 0 Å². The lowest BCUT2D eigenvalue weighted by molar-refractivity contribution is 0.102. The van der Waals surface area contributed by atoms with E-state index < -0.39 is 11.7 Å². The zero-order chi connectivity index (χ0) is 12.4. The van der Waals surface area contributed by atoms with Crippen LogP contribution in [-0.4, -0.2) is 20.9 Å². The molecule has 0 aliphatic carbocycles. The maximum atomic E-state index is 13.5. The Morgan fingerprint density at radius 2 is 2.29 bits per heavy atom. The quantitative estimate of drug-likeness (QED) is 0.844. The average molecular weight is 346 g/mol. The van der Waals surface area contributed by atoms with Crippen LogP contribution in [0.4, 0.5) is 10.2 Å². The zero-order valence-electron chi connectivity index (χ0n) is 8.82. The minimum absolute atomic E-state index is 0.0127. The van der Waals surface area contributed by atoms with Gasteiger partial charge in [-0.2, -0.15) is 0 Å². The van der Waals surface area contributed by atoms with E-state index in [1.54, 1.807) is 19.2 Å². The van der Waals surface area contributed by atoms with Crippen LogP contribution in [0.15, 0.2) is 24.4 Å². The molecule has 0 saturated heterocycles. The molecule has 0 fully saturated rings. The number of rotatable bonds is 2. The molecule has 17 heavy (non-hydrogen) atoms. The van der Waals surface area contributed by atoms with Crippen LogP contribution in [0.1, 0.15) is 10.4 Å². The number of hydrogen-bond donors (Lipinski definition) is 1. The van der Waals surface area contributed by atoms with E-state index in [1.807, 2.05) is 22.6 Å². The lowest BCUT2D eigenvalue weighted by Crippen LogP contribution is -2.15. The Morgan fingerprint density at radius 3 is 2.88 bits per heavy atom. The molecule has 5 nitrogen and oxygen atoms in total. The molecule has 1 amide bonds. The van der Waals surface area contributed by atoms with E-state index in [2.05, 4.69) is 15.6 Å². The normalized spacial score (nSPS) is 10.3. The van der Waals surface area contributed by atoms with Gasteiger partial charge in [0.25, 0.3) is 5.91 Å². The highest BCUT2D eigenvalue weighted by Gasteiger charge is 2.16. The molecule has 0 radical (unpaired) electrons. The highest BCUT2D eigenvalue weighted by molar-refractivity contribution is 14.1. The molecule has 1 heterocycles. The van der Waals surface area contributed by atoms with Gasteiger partial charge < -0.3 is 5.32 Å². The standard InChI is InChI=1S/C10H8FIN4O/c1-16-5-8(14-15-16)13-10(17)9-6(11)3-2-4-7(9)12/h2-5H,1H3,(H,13,17). The molecule has 0 spiro atoms. The van der Waals surface area contributed by atoms with Gasteiger partial charge in [0.15, 0.2) is 5.82 Å². The molecule has 0 aliphatic heterocycles. The number of nitrogens with one attached hydrogen (secondary N) is 1. The molecular weight excluding hydrogens is 338 g/mol. The Labute approximate surface area is 110 Å². The number of carbonyl (C=O) groups is 1. The monoisotopic (exact) mass is 346 g/mol. The van der Waals surface area contributed by atoms with Crippen LogP contribution in [-0.2, 0) is 7.05 Å². The van der Waals surface area contributed by atoms with Crippen molar-refractivity contribution in [2.24, 2.45) is 7.05 Å². The Bertz CT molecular complexity index is 549. The van der Waals surface area contributed by atoms with Gasteiger partial charge in [-0.15, -0.1) is 5.10 Å². The maximum absolute atomic E-state index is 13.5. The van der Waals surface area contributed by atoms with Gasteiger partial charge in [0.1, 0.15) is 5.82 Å². The smallest absolute Gasteiger partial charge is 0.260 e. The van der Waals surface area contributed by atoms with Crippen molar-refractivity contribution >= 4 is 34.3 Å². The second kappa shape index (κ2) is 4.78. The Morgan fingerprint density at radius 1 is 1.53 bits per heavy atom. The SMILES string of the molecule is Cn1cc(NC(=O)c2c(F)cccc2I)nn1. The predicted octanol–water partition coefficient (Wildman–Crippen LogP) is 1.81. The van der Waals surface area contributed by atoms with E-state index in [0.29, 0.717) is 3.57 Å². The first-order valence-corrected chi connectivity index (χ1v) is 5.77. The minimum atomic E-state index is -0.557. The molecule has 0 bridgehead atoms. The van der Waals surface area contributed by atoms with Crippen molar-refractivity contribution in [1.29, 1.82) is 0 Å². The van der Waals surface area contributed by atoms with Gasteiger partial charge in [-0.25, -0.2) is 4.39 Å². The van der Waals surface area contributed by atoms with Crippen LogP contribution in [0.2, 0.25) is 0 Å². The number of carbonyl (C=O) groups excluding carboxylic acids is 1. The summed E-state index contributed by atoms with van der Waals surface area (Å²) in [6.45, 7) is 0. The summed E-state index contributed by atoms with van der Waals surface area (Å²) < 4.78 is 15.5. The highest BCUT2D eigenvalue weighted by Crippen LogP contribution is 2.17. The third kappa shape index (κ3) is 2.60. The summed E-state index contributed by atoms with van der Waals surface area (Å²) in [5.74, 6) is -0.803. The van der Waals surface area contributed by atoms with Crippen LogP contribution < -0.4 is 5.32 Å². The number of hydrogen-bond acceptors (Lipinski definition) is 3. The van der Waals surface area contributed by atoms with Gasteiger partial charge >= 0.3 is 0 Å². The summed E-state index contributed by atoms with van der Waals surface area (Å²) in [5, 5.41) is 9.84. The Hall–Kier alpha value is -1.51. The average Bonchev–Trinajstić information content (AvgIpc) is 2.63. The van der Waals surface area contributed by atoms with Crippen molar-refractivity contribution in [2.45, 2.75) is 0 Å². The largest absolute Gasteiger partial charge is 0.304 e. The van der Waals surface area contributed by atoms with Gasteiger partial charge in [0.2, 0.25) is 0 Å². The van der Waals surface area contributed by atoms with Crippen LogP contribution >= 0.6 is 22.6 Å². The summed E-state index contributed by atoms with van der Waals surface area (Å²) in [4.78, 5) is 11.8. The third-order valence-corrected chi connectivity index (χ3v) is 2.93. The first-order valence-electron chi connectivity index (χ1n) is 4.69. The van der Waals surface area contributed by atoms with Crippen molar-refractivity contribution in [3.05, 3.63) is 39.3 Å². The first kappa shape index (κ1) is 12.0. The molecule has 0 atom stereocenters. The van der Waals surface area contributed by atoms with Crippen LogP contribution in [0.3, 0.4) is 0 Å². The Kier molecular flexibility index (Phi) is 3.36. The molecule has 88 valence electrons. The summed E-state index contributed by atoms with van der Waals surface area (Å²) in [6.07, 6.45) is 1.53. The highest BCUT2D eigenvalue weighted by atomic mass is 127. The number of nitrogens with zero attached hydrogens (tertiary/aromatic N) is 3. The number of halogens is 2. The number of benzene rings is 1. The molecular formula is C10H8FIN4O. The predicted molar refractivity (Wildman–Crippen MR) is 68.1 cm³/mol. The van der Waals surface area contributed by atoms with Gasteiger partial charge in [0.05, 0.1) is 11.8 Å². The molecule has 1 aromatic heterocycles. The molecule has 0 unspecified atom stereocenters. The summed E-state index contributed by atoms with van der Waals surface area (Å²) in [7, 11) is 1.68. The summed E-state index contributed by atoms with van der Waals surface area (Å²) in [5.41, 5.74) is 0.0127. The number of aryl methyl sites for hydroxylation is 1. The lowest BCUT2D eigenvalue weighted by Gasteiger charge is -2.04. The Balaban J connectivity index is 2.26. The number of amides is 1. The van der Waals surface area contributed by atoms with Gasteiger partial charge in [-0.3, -0.25) is 9.48 Å². The molecule has 2 rings (SSSR count). The van der Waals surface area contributed by atoms with Crippen molar-refractivity contribution in [1.82, 2.24) is 15.0 Å². The molecule has 1 N–H and O–H groups in total. The maximum Gasteiger partial charge on any atom is 0.260 e. The van der Waals surface area contributed by atoms with Gasteiger partial charge in [-0.05, 0) is 34.7 Å². The molecule has 7 heteroatoms. The van der Waals surface area contributed by atoms with E-state index in [9.17, 15) is 9.18 Å². The molecule has 0 aliphatic rings. The van der Waals surface area contributed by atoms with Crippen molar-refractivity contribution < 1.29 is 9.18 Å². The molecule has 0 saturated carbocycles. The molecule has 2 aromatic rings. The third-order valence-electron chi connectivity index (χ3n) is 2.03. The van der Waals surface area contributed by atoms with Crippen LogP contribution in [0.5, 0.6) is 0 Å². The van der Waals surface area contributed by atoms with Gasteiger partial charge in [-0.1, -0.05) is 11.3 Å². The fraction of sp³-hybridized carbons (Fsp3) is 0.100. The first-order chi connectivity index (χ1) is 8.08. The zero-order valence-corrected chi connectivity index (χ0v) is 11.0. The fourth-order valence-electron chi connectivity index (χ4n) is 1.30. The van der Waals surface area contributed by atoms with Crippen LogP contribution in [0, 0.1) is 9.39 Å². The van der Waals surface area contributed by atoms with Crippen molar-refractivity contribution in [2.75, 3.05) is 5.32 Å². The number of anilines is 1. The minimum Gasteiger partial charge on any atom is -0.304 e. The lowest BCUT2D eigenvalue weighted by atomic mass is 10.2. The van der Waals surface area contributed by atoms with E-state index >= 15 is 0 Å².